The van der Waals surface area contributed by atoms with Crippen LogP contribution in [-0.4, -0.2) is 24.2 Å². The molecule has 3 rings (SSSR count). The van der Waals surface area contributed by atoms with Gasteiger partial charge in [-0.1, -0.05) is 12.1 Å². The van der Waals surface area contributed by atoms with Gasteiger partial charge >= 0.3 is 0 Å². The van der Waals surface area contributed by atoms with E-state index in [-0.39, 0.29) is 5.82 Å². The number of nitrogens with one attached hydrogen (secondary N) is 1. The molecule has 112 valence electrons. The molecule has 5 nitrogen and oxygen atoms in total. The minimum Gasteiger partial charge on any atom is -0.493 e. The predicted molar refractivity (Wildman–Crippen MR) is 82.3 cm³/mol. The number of anilines is 2. The van der Waals surface area contributed by atoms with Crippen LogP contribution in [0.5, 0.6) is 11.5 Å². The molecular formula is C16H14FN3O2. The summed E-state index contributed by atoms with van der Waals surface area (Å²) in [6, 6.07) is 9.90. The maximum absolute atomic E-state index is 13.7. The van der Waals surface area contributed by atoms with Crippen molar-refractivity contribution in [3.05, 3.63) is 48.4 Å². The number of fused-ring (bicyclic) bond motifs is 1. The normalized spacial score (nSPS) is 10.5. The summed E-state index contributed by atoms with van der Waals surface area (Å²) in [6.07, 6.45) is 1.65. The van der Waals surface area contributed by atoms with Crippen molar-refractivity contribution < 1.29 is 13.9 Å². The summed E-state index contributed by atoms with van der Waals surface area (Å²) >= 11 is 0. The minimum absolute atomic E-state index is 0.310. The minimum atomic E-state index is -0.362. The summed E-state index contributed by atoms with van der Waals surface area (Å²) in [6.45, 7) is 0. The SMILES string of the molecule is COc1cc2cnc(Nc3ccccc3F)nc2cc1OC. The number of ether oxygens (including phenoxy) is 2. The van der Waals surface area contributed by atoms with Gasteiger partial charge in [-0.2, -0.15) is 0 Å². The van der Waals surface area contributed by atoms with Crippen molar-refractivity contribution in [2.24, 2.45) is 0 Å². The Balaban J connectivity index is 2.00. The molecule has 2 aromatic carbocycles. The third-order valence-corrected chi connectivity index (χ3v) is 3.21. The van der Waals surface area contributed by atoms with Crippen molar-refractivity contribution in [3.8, 4) is 11.5 Å². The van der Waals surface area contributed by atoms with E-state index in [9.17, 15) is 4.39 Å². The molecule has 0 bridgehead atoms. The topological polar surface area (TPSA) is 56.3 Å². The first kappa shape index (κ1) is 14.1. The predicted octanol–water partition coefficient (Wildman–Crippen LogP) is 3.53. The third-order valence-electron chi connectivity index (χ3n) is 3.21. The Kier molecular flexibility index (Phi) is 3.74. The van der Waals surface area contributed by atoms with Gasteiger partial charge in [0.1, 0.15) is 5.82 Å². The van der Waals surface area contributed by atoms with E-state index < -0.39 is 0 Å². The van der Waals surface area contributed by atoms with Crippen molar-refractivity contribution in [2.45, 2.75) is 0 Å². The van der Waals surface area contributed by atoms with E-state index in [0.29, 0.717) is 28.7 Å². The molecule has 0 saturated carbocycles. The van der Waals surface area contributed by atoms with E-state index >= 15 is 0 Å². The van der Waals surface area contributed by atoms with E-state index in [2.05, 4.69) is 15.3 Å². The van der Waals surface area contributed by atoms with Gasteiger partial charge < -0.3 is 14.8 Å². The largest absolute Gasteiger partial charge is 0.493 e. The molecule has 1 aromatic heterocycles. The van der Waals surface area contributed by atoms with E-state index in [1.165, 1.54) is 6.07 Å². The number of methoxy groups -OCH3 is 2. The zero-order chi connectivity index (χ0) is 15.5. The van der Waals surface area contributed by atoms with Crippen LogP contribution in [0.1, 0.15) is 0 Å². The quantitative estimate of drug-likeness (QED) is 0.798. The number of benzene rings is 2. The Hall–Kier alpha value is -2.89. The fraction of sp³-hybridized carbons (Fsp3) is 0.125. The maximum atomic E-state index is 13.7. The molecule has 0 fully saturated rings. The first-order valence-electron chi connectivity index (χ1n) is 6.61. The molecule has 0 radical (unpaired) electrons. The molecule has 0 spiro atoms. The average Bonchev–Trinajstić information content (AvgIpc) is 2.55. The summed E-state index contributed by atoms with van der Waals surface area (Å²) in [5, 5.41) is 3.66. The fourth-order valence-electron chi connectivity index (χ4n) is 2.10. The van der Waals surface area contributed by atoms with Gasteiger partial charge in [0.25, 0.3) is 0 Å². The number of nitrogens with zero attached hydrogens (tertiary/aromatic N) is 2. The zero-order valence-corrected chi connectivity index (χ0v) is 12.1. The van der Waals surface area contributed by atoms with Crippen LogP contribution >= 0.6 is 0 Å². The van der Waals surface area contributed by atoms with Crippen LogP contribution in [-0.2, 0) is 0 Å². The summed E-state index contributed by atoms with van der Waals surface area (Å²) in [5.74, 6) is 1.13. The number of hydrogen-bond donors (Lipinski definition) is 1. The lowest BCUT2D eigenvalue weighted by atomic mass is 10.2. The van der Waals surface area contributed by atoms with Crippen LogP contribution in [0.3, 0.4) is 0 Å². The molecule has 1 N–H and O–H groups in total. The van der Waals surface area contributed by atoms with Crippen LogP contribution in [0, 0.1) is 5.82 Å². The molecule has 3 aromatic rings. The van der Waals surface area contributed by atoms with Gasteiger partial charge in [-0.25, -0.2) is 14.4 Å². The lowest BCUT2D eigenvalue weighted by Crippen LogP contribution is -1.99. The first-order valence-corrected chi connectivity index (χ1v) is 6.61. The number of rotatable bonds is 4. The molecule has 0 unspecified atom stereocenters. The highest BCUT2D eigenvalue weighted by Gasteiger charge is 2.09. The van der Waals surface area contributed by atoms with Gasteiger partial charge in [0.15, 0.2) is 11.5 Å². The molecule has 22 heavy (non-hydrogen) atoms. The van der Waals surface area contributed by atoms with Crippen LogP contribution in [0.25, 0.3) is 10.9 Å². The molecule has 0 aliphatic carbocycles. The number of aromatic nitrogens is 2. The Morgan fingerprint density at radius 2 is 1.77 bits per heavy atom. The van der Waals surface area contributed by atoms with Crippen LogP contribution in [0.4, 0.5) is 16.0 Å². The van der Waals surface area contributed by atoms with Gasteiger partial charge in [0.2, 0.25) is 5.95 Å². The lowest BCUT2D eigenvalue weighted by Gasteiger charge is -2.10. The van der Waals surface area contributed by atoms with E-state index in [4.69, 9.17) is 9.47 Å². The van der Waals surface area contributed by atoms with Gasteiger partial charge in [-0.15, -0.1) is 0 Å². The first-order chi connectivity index (χ1) is 10.7. The van der Waals surface area contributed by atoms with E-state index in [1.807, 2.05) is 0 Å². The Morgan fingerprint density at radius 1 is 1.05 bits per heavy atom. The average molecular weight is 299 g/mol. The fourth-order valence-corrected chi connectivity index (χ4v) is 2.10. The van der Waals surface area contributed by atoms with Gasteiger partial charge in [0.05, 0.1) is 25.4 Å². The van der Waals surface area contributed by atoms with Crippen molar-refractivity contribution >= 4 is 22.5 Å². The zero-order valence-electron chi connectivity index (χ0n) is 12.1. The summed E-state index contributed by atoms with van der Waals surface area (Å²) < 4.78 is 24.1. The molecule has 0 atom stereocenters. The van der Waals surface area contributed by atoms with E-state index in [0.717, 1.165) is 5.39 Å². The summed E-state index contributed by atoms with van der Waals surface area (Å²) in [4.78, 5) is 8.56. The maximum Gasteiger partial charge on any atom is 0.227 e. The highest BCUT2D eigenvalue weighted by Crippen LogP contribution is 2.31. The van der Waals surface area contributed by atoms with Crippen LogP contribution < -0.4 is 14.8 Å². The lowest BCUT2D eigenvalue weighted by molar-refractivity contribution is 0.356. The Labute approximate surface area is 126 Å². The second-order valence-electron chi connectivity index (χ2n) is 4.56. The number of para-hydroxylation sites is 1. The highest BCUT2D eigenvalue weighted by atomic mass is 19.1. The Morgan fingerprint density at radius 3 is 2.50 bits per heavy atom. The van der Waals surface area contributed by atoms with E-state index in [1.54, 1.807) is 50.7 Å². The molecule has 1 heterocycles. The standard InChI is InChI=1S/C16H14FN3O2/c1-21-14-7-10-9-18-16(20-13(10)8-15(14)22-2)19-12-6-4-3-5-11(12)17/h3-9H,1-2H3,(H,18,19,20). The molecule has 0 aliphatic rings. The molecular weight excluding hydrogens is 285 g/mol. The van der Waals surface area contributed by atoms with Crippen molar-refractivity contribution in [1.82, 2.24) is 9.97 Å². The second-order valence-corrected chi connectivity index (χ2v) is 4.56. The third kappa shape index (κ3) is 2.63. The van der Waals surface area contributed by atoms with Crippen molar-refractivity contribution in [3.63, 3.8) is 0 Å². The van der Waals surface area contributed by atoms with Gasteiger partial charge in [-0.05, 0) is 18.2 Å². The molecule has 0 saturated heterocycles. The molecule has 0 amide bonds. The van der Waals surface area contributed by atoms with Crippen LogP contribution in [0.2, 0.25) is 0 Å². The molecule has 6 heteroatoms. The van der Waals surface area contributed by atoms with Crippen LogP contribution in [0.15, 0.2) is 42.6 Å². The highest BCUT2D eigenvalue weighted by molar-refractivity contribution is 5.83. The van der Waals surface area contributed by atoms with Gasteiger partial charge in [0, 0.05) is 17.6 Å². The van der Waals surface area contributed by atoms with Crippen molar-refractivity contribution in [2.75, 3.05) is 19.5 Å². The second kappa shape index (κ2) is 5.85. The number of halogens is 1. The van der Waals surface area contributed by atoms with Crippen molar-refractivity contribution in [1.29, 1.82) is 0 Å². The number of hydrogen-bond acceptors (Lipinski definition) is 5. The molecule has 0 aliphatic heterocycles. The van der Waals surface area contributed by atoms with Gasteiger partial charge in [-0.3, -0.25) is 0 Å². The monoisotopic (exact) mass is 299 g/mol. The smallest absolute Gasteiger partial charge is 0.227 e. The summed E-state index contributed by atoms with van der Waals surface area (Å²) in [5.41, 5.74) is 0.994. The summed E-state index contributed by atoms with van der Waals surface area (Å²) in [7, 11) is 3.13. The Bertz CT molecular complexity index is 824.